The van der Waals surface area contributed by atoms with Gasteiger partial charge in [-0.2, -0.15) is 0 Å². The van der Waals surface area contributed by atoms with Crippen LogP contribution < -0.4 is 0 Å². The maximum Gasteiger partial charge on any atom is 0.331 e. The fourth-order valence-electron chi connectivity index (χ4n) is 10.0. The number of benzene rings is 6. The van der Waals surface area contributed by atoms with Gasteiger partial charge in [-0.3, -0.25) is 4.79 Å². The molecule has 0 saturated carbocycles. The molecule has 0 aliphatic heterocycles. The van der Waals surface area contributed by atoms with Crippen molar-refractivity contribution in [3.8, 4) is 11.4 Å². The van der Waals surface area contributed by atoms with Crippen LogP contribution in [0.5, 0.6) is 0 Å². The summed E-state index contributed by atoms with van der Waals surface area (Å²) in [6.07, 6.45) is 5.83. The van der Waals surface area contributed by atoms with Crippen molar-refractivity contribution in [3.63, 3.8) is 0 Å². The Bertz CT molecular complexity index is 3960. The van der Waals surface area contributed by atoms with Crippen LogP contribution in [0.1, 0.15) is 121 Å². The van der Waals surface area contributed by atoms with E-state index in [0.717, 1.165) is 110 Å². The van der Waals surface area contributed by atoms with Gasteiger partial charge in [0, 0.05) is 93.8 Å². The third-order valence-electron chi connectivity index (χ3n) is 13.8. The third-order valence-corrected chi connectivity index (χ3v) is 15.5. The zero-order valence-corrected chi connectivity index (χ0v) is 45.7. The lowest BCUT2D eigenvalue weighted by Gasteiger charge is -2.10. The molecule has 10 rings (SSSR count). The number of hydrogen-bond acceptors (Lipinski definition) is 12. The smallest absolute Gasteiger partial charge is 0.318 e. The normalized spacial score (nSPS) is 12.2. The lowest BCUT2D eigenvalue weighted by atomic mass is 9.99. The number of ketones is 1. The van der Waals surface area contributed by atoms with Gasteiger partial charge < -0.3 is 23.6 Å². The van der Waals surface area contributed by atoms with E-state index < -0.39 is 17.9 Å². The Morgan fingerprint density at radius 2 is 0.821 bits per heavy atom. The van der Waals surface area contributed by atoms with Crippen LogP contribution in [0, 0.1) is 0 Å². The van der Waals surface area contributed by atoms with Crippen LogP contribution in [0.3, 0.4) is 0 Å². The molecule has 0 radical (unpaired) electrons. The van der Waals surface area contributed by atoms with Crippen LogP contribution in [-0.4, -0.2) is 50.0 Å². The summed E-state index contributed by atoms with van der Waals surface area (Å²) in [7, 11) is 0. The monoisotopic (exact) mass is 1070 g/mol. The predicted molar refractivity (Wildman–Crippen MR) is 314 cm³/mol. The lowest BCUT2D eigenvalue weighted by Crippen LogP contribution is -2.05. The molecule has 10 aromatic rings. The number of aromatic nitrogens is 2. The number of rotatable bonds is 20. The lowest BCUT2D eigenvalue weighted by molar-refractivity contribution is -0.141. The summed E-state index contributed by atoms with van der Waals surface area (Å²) in [6, 6.07) is 50.0. The summed E-state index contributed by atoms with van der Waals surface area (Å²) in [4.78, 5) is 66.6. The van der Waals surface area contributed by atoms with E-state index in [1.54, 1.807) is 36.5 Å². The van der Waals surface area contributed by atoms with Gasteiger partial charge in [0.1, 0.15) is 0 Å². The molecule has 14 heteroatoms. The molecule has 4 aromatic heterocycles. The second-order valence-corrected chi connectivity index (χ2v) is 21.5. The van der Waals surface area contributed by atoms with Crippen molar-refractivity contribution in [2.24, 2.45) is 15.5 Å². The van der Waals surface area contributed by atoms with E-state index in [4.69, 9.17) is 14.5 Å². The minimum atomic E-state index is -0.492. The molecule has 0 spiro atoms. The zero-order chi connectivity index (χ0) is 54.3. The van der Waals surface area contributed by atoms with Crippen LogP contribution in [0.15, 0.2) is 172 Å². The summed E-state index contributed by atoms with van der Waals surface area (Å²) in [5, 5.41) is 20.8. The van der Waals surface area contributed by atoms with Crippen molar-refractivity contribution < 1.29 is 33.7 Å². The van der Waals surface area contributed by atoms with Gasteiger partial charge >= 0.3 is 17.9 Å². The molecule has 392 valence electrons. The second kappa shape index (κ2) is 23.7. The maximum absolute atomic E-state index is 14.0. The topological polar surface area (TPSA) is 143 Å². The van der Waals surface area contributed by atoms with E-state index >= 15 is 0 Å². The van der Waals surface area contributed by atoms with E-state index in [0.29, 0.717) is 35.5 Å². The molecule has 0 N–H and O–H groups in total. The highest BCUT2D eigenvalue weighted by atomic mass is 32.1. The minimum absolute atomic E-state index is 0.0988. The molecule has 0 amide bonds. The number of carbonyl (C=O) groups is 4. The fourth-order valence-corrected chi connectivity index (χ4v) is 11.5. The van der Waals surface area contributed by atoms with Crippen molar-refractivity contribution in [3.05, 3.63) is 199 Å². The first kappa shape index (κ1) is 52.8. The molecule has 0 unspecified atom stereocenters. The predicted octanol–water partition coefficient (Wildman–Crippen LogP) is 15.3. The molecule has 78 heavy (non-hydrogen) atoms. The number of thiophene rings is 2. The largest absolute Gasteiger partial charge is 0.331 e. The maximum atomic E-state index is 14.0. The van der Waals surface area contributed by atoms with Crippen molar-refractivity contribution in [1.29, 1.82) is 0 Å². The summed E-state index contributed by atoms with van der Waals surface area (Å²) in [5.41, 5.74) is 13.5. The van der Waals surface area contributed by atoms with Gasteiger partial charge in [0.2, 0.25) is 0 Å². The number of oxime groups is 3. The van der Waals surface area contributed by atoms with Crippen LogP contribution >= 0.6 is 22.7 Å². The van der Waals surface area contributed by atoms with Crippen molar-refractivity contribution in [2.75, 3.05) is 0 Å². The molecule has 4 heterocycles. The van der Waals surface area contributed by atoms with E-state index in [1.165, 1.54) is 41.7 Å². The highest BCUT2D eigenvalue weighted by molar-refractivity contribution is 7.10. The van der Waals surface area contributed by atoms with Crippen LogP contribution in [-0.2, 0) is 41.7 Å². The Kier molecular flexibility index (Phi) is 16.1. The first-order valence-corrected chi connectivity index (χ1v) is 27.8. The standard InChI is InChI=1S/C64H57N5O7S2/c1-40(65-74-42(3)70)47-18-24-51(25-19-47)68-60-28-16-45(34-53-12-10-32-77-53)36-55(60)57-38-49(22-30-62(57)68)59(67-76-44(5)72)14-8-6-7-9-15-64(73)50-23-31-63-58(39-50)56-37-46(35-54-13-11-33-78-54)17-29-61(56)69(63)52-26-20-48(21-27-52)41(2)66-75-43(4)71/h10-13,16-33,36-39H,6-9,14-15,34-35H2,1-5H3/b65-40?,66-41+,67-59?. The second-order valence-electron chi connectivity index (χ2n) is 19.4. The summed E-state index contributed by atoms with van der Waals surface area (Å²) < 4.78 is 4.47. The minimum Gasteiger partial charge on any atom is -0.318 e. The Labute approximate surface area is 459 Å². The van der Waals surface area contributed by atoms with Gasteiger partial charge in [-0.15, -0.1) is 22.7 Å². The molecule has 0 atom stereocenters. The summed E-state index contributed by atoms with van der Waals surface area (Å²) in [6.45, 7) is 7.60. The van der Waals surface area contributed by atoms with Gasteiger partial charge in [-0.25, -0.2) is 14.4 Å². The SMILES string of the molecule is CC(=O)ON=C(C)c1ccc(-n2c3ccc(Cc4cccs4)cc3c3cc(C(CCCCCCC(=O)c4ccc5c(c4)c4cc(Cc6cccs6)ccc4n5-c4ccc(/C(C)=N/OC(C)=O)cc4)=NOC(C)=O)ccc32)cc1. The van der Waals surface area contributed by atoms with Crippen LogP contribution in [0.25, 0.3) is 55.0 Å². The molecular formula is C64H57N5O7S2. The fraction of sp³-hybridized carbons (Fsp3) is 0.203. The Hall–Kier alpha value is -8.59. The first-order valence-electron chi connectivity index (χ1n) is 26.0. The molecule has 0 aliphatic carbocycles. The quantitative estimate of drug-likeness (QED) is 0.0243. The summed E-state index contributed by atoms with van der Waals surface area (Å²) >= 11 is 3.48. The molecule has 6 aromatic carbocycles. The molecule has 0 aliphatic rings. The van der Waals surface area contributed by atoms with Gasteiger partial charge in [-0.05, 0) is 157 Å². The average Bonchev–Trinajstić information content (AvgIpc) is 4.29. The zero-order valence-electron chi connectivity index (χ0n) is 44.1. The highest BCUT2D eigenvalue weighted by Crippen LogP contribution is 2.37. The third kappa shape index (κ3) is 12.0. The van der Waals surface area contributed by atoms with Crippen LogP contribution in [0.2, 0.25) is 0 Å². The average molecular weight is 1070 g/mol. The summed E-state index contributed by atoms with van der Waals surface area (Å²) in [5.74, 6) is -1.34. The number of hydrogen-bond donors (Lipinski definition) is 0. The van der Waals surface area contributed by atoms with Gasteiger partial charge in [0.05, 0.1) is 39.2 Å². The first-order chi connectivity index (χ1) is 37.9. The Morgan fingerprint density at radius 3 is 1.27 bits per heavy atom. The van der Waals surface area contributed by atoms with E-state index in [-0.39, 0.29) is 5.78 Å². The Morgan fingerprint density at radius 1 is 0.423 bits per heavy atom. The van der Waals surface area contributed by atoms with Gasteiger partial charge in [0.15, 0.2) is 5.78 Å². The van der Waals surface area contributed by atoms with Crippen molar-refractivity contribution in [2.45, 2.75) is 86.0 Å². The Balaban J connectivity index is 0.860. The van der Waals surface area contributed by atoms with Crippen LogP contribution in [0.4, 0.5) is 0 Å². The number of carbonyl (C=O) groups excluding carboxylic acids is 4. The molecule has 0 bridgehead atoms. The number of nitrogens with zero attached hydrogens (tertiary/aromatic N) is 5. The molecule has 0 fully saturated rings. The van der Waals surface area contributed by atoms with Gasteiger partial charge in [0.25, 0.3) is 0 Å². The number of fused-ring (bicyclic) bond motifs is 6. The molecular weight excluding hydrogens is 1010 g/mol. The molecule has 12 nitrogen and oxygen atoms in total. The van der Waals surface area contributed by atoms with E-state index in [2.05, 4.69) is 114 Å². The van der Waals surface area contributed by atoms with E-state index in [1.807, 2.05) is 66.7 Å². The van der Waals surface area contributed by atoms with Gasteiger partial charge in [-0.1, -0.05) is 82.9 Å². The highest BCUT2D eigenvalue weighted by Gasteiger charge is 2.19. The molecule has 0 saturated heterocycles. The van der Waals surface area contributed by atoms with Crippen molar-refractivity contribution in [1.82, 2.24) is 9.13 Å². The van der Waals surface area contributed by atoms with E-state index in [9.17, 15) is 19.2 Å². The number of unbranched alkanes of at least 4 members (excludes halogenated alkanes) is 3. The van der Waals surface area contributed by atoms with Crippen molar-refractivity contribution >= 4 is 107 Å². The number of Topliss-reactive ketones (excluding diaryl/α,β-unsaturated/α-hetero) is 1.